The van der Waals surface area contributed by atoms with Crippen LogP contribution in [0.5, 0.6) is 0 Å². The zero-order chi connectivity index (χ0) is 15.8. The van der Waals surface area contributed by atoms with Gasteiger partial charge in [0.2, 0.25) is 0 Å². The van der Waals surface area contributed by atoms with Crippen LogP contribution in [-0.2, 0) is 6.54 Å². The van der Waals surface area contributed by atoms with Crippen LogP contribution in [0.25, 0.3) is 11.1 Å². The van der Waals surface area contributed by atoms with Gasteiger partial charge in [-0.1, -0.05) is 5.16 Å². The van der Waals surface area contributed by atoms with Gasteiger partial charge in [0.15, 0.2) is 0 Å². The molecule has 3 aromatic rings. The molecular weight excluding hydrogens is 292 g/mol. The topological polar surface area (TPSA) is 72.9 Å². The number of rotatable bonds is 3. The Hall–Kier alpha value is -2.44. The highest BCUT2D eigenvalue weighted by molar-refractivity contribution is 5.87. The molecule has 0 aromatic carbocycles. The number of hydrogen-bond acceptors (Lipinski definition) is 6. The van der Waals surface area contributed by atoms with Crippen LogP contribution in [0, 0.1) is 19.8 Å². The highest BCUT2D eigenvalue weighted by Crippen LogP contribution is 2.29. The highest BCUT2D eigenvalue weighted by Gasteiger charge is 2.24. The Kier molecular flexibility index (Phi) is 3.48. The summed E-state index contributed by atoms with van der Waals surface area (Å²) in [5, 5.41) is 4.96. The molecule has 0 N–H and O–H groups in total. The van der Waals surface area contributed by atoms with E-state index in [9.17, 15) is 0 Å². The van der Waals surface area contributed by atoms with E-state index < -0.39 is 0 Å². The van der Waals surface area contributed by atoms with Gasteiger partial charge in [0.05, 0.1) is 5.69 Å². The Morgan fingerprint density at radius 2 is 2.17 bits per heavy atom. The van der Waals surface area contributed by atoms with Crippen LogP contribution >= 0.6 is 0 Å². The van der Waals surface area contributed by atoms with Crippen molar-refractivity contribution in [3.05, 3.63) is 30.2 Å². The van der Waals surface area contributed by atoms with Gasteiger partial charge < -0.3 is 14.0 Å². The smallest absolute Gasteiger partial charge is 0.263 e. The van der Waals surface area contributed by atoms with Crippen LogP contribution in [0.2, 0.25) is 0 Å². The lowest BCUT2D eigenvalue weighted by Crippen LogP contribution is -2.37. The van der Waals surface area contributed by atoms with Crippen molar-refractivity contribution >= 4 is 16.9 Å². The van der Waals surface area contributed by atoms with E-state index in [1.807, 2.05) is 13.1 Å². The van der Waals surface area contributed by atoms with Crippen LogP contribution in [0.3, 0.4) is 0 Å². The molecule has 0 amide bonds. The Morgan fingerprint density at radius 3 is 3.00 bits per heavy atom. The third kappa shape index (κ3) is 2.56. The molecule has 1 aliphatic rings. The number of fused-ring (bicyclic) bond motifs is 1. The normalized spacial score (nSPS) is 18.7. The van der Waals surface area contributed by atoms with Crippen LogP contribution in [0.15, 0.2) is 23.2 Å². The first-order chi connectivity index (χ1) is 11.2. The van der Waals surface area contributed by atoms with Gasteiger partial charge in [0.1, 0.15) is 23.4 Å². The lowest BCUT2D eigenvalue weighted by atomic mass is 9.97. The summed E-state index contributed by atoms with van der Waals surface area (Å²) >= 11 is 0. The summed E-state index contributed by atoms with van der Waals surface area (Å²) in [6.07, 6.45) is 7.87. The van der Waals surface area contributed by atoms with Crippen molar-refractivity contribution in [3.8, 4) is 0 Å². The van der Waals surface area contributed by atoms with Gasteiger partial charge in [-0.25, -0.2) is 9.97 Å². The zero-order valence-corrected chi connectivity index (χ0v) is 13.4. The van der Waals surface area contributed by atoms with E-state index in [1.165, 1.54) is 6.42 Å². The molecule has 1 saturated heterocycles. The number of piperidine rings is 1. The first-order valence-electron chi connectivity index (χ1n) is 8.02. The van der Waals surface area contributed by atoms with E-state index in [1.54, 1.807) is 6.33 Å². The van der Waals surface area contributed by atoms with E-state index in [0.717, 1.165) is 48.8 Å². The van der Waals surface area contributed by atoms with Gasteiger partial charge >= 0.3 is 0 Å². The van der Waals surface area contributed by atoms with E-state index in [-0.39, 0.29) is 0 Å². The Balaban J connectivity index is 1.59. The molecule has 0 aliphatic carbocycles. The first kappa shape index (κ1) is 14.2. The van der Waals surface area contributed by atoms with E-state index in [0.29, 0.717) is 11.6 Å². The molecule has 1 atom stereocenters. The number of nitrogens with zero attached hydrogens (tertiary/aromatic N) is 6. The number of anilines is 1. The highest BCUT2D eigenvalue weighted by atomic mass is 16.5. The van der Waals surface area contributed by atoms with Crippen molar-refractivity contribution in [3.63, 3.8) is 0 Å². The second-order valence-corrected chi connectivity index (χ2v) is 6.23. The SMILES string of the molecule is Cc1noc2ncnc(N3CCCC(Cn4ccnc4C)C3)c12. The minimum Gasteiger partial charge on any atom is -0.355 e. The fraction of sp³-hybridized carbons (Fsp3) is 0.500. The average molecular weight is 312 g/mol. The molecule has 7 nitrogen and oxygen atoms in total. The van der Waals surface area contributed by atoms with Crippen LogP contribution in [0.4, 0.5) is 5.82 Å². The standard InChI is InChI=1S/C16H20N6O/c1-11-14-15(18-10-19-16(14)23-20-11)22-6-3-4-13(9-22)8-21-7-5-17-12(21)2/h5,7,10,13H,3-4,6,8-9H2,1-2H3. The third-order valence-corrected chi connectivity index (χ3v) is 4.62. The molecule has 0 radical (unpaired) electrons. The number of aromatic nitrogens is 5. The quantitative estimate of drug-likeness (QED) is 0.739. The molecule has 0 spiro atoms. The van der Waals surface area contributed by atoms with Gasteiger partial charge in [0.25, 0.3) is 5.71 Å². The van der Waals surface area contributed by atoms with Crippen LogP contribution < -0.4 is 4.90 Å². The van der Waals surface area contributed by atoms with E-state index >= 15 is 0 Å². The second kappa shape index (κ2) is 5.64. The molecule has 3 aromatic heterocycles. The maximum atomic E-state index is 5.27. The molecule has 4 rings (SSSR count). The predicted molar refractivity (Wildman–Crippen MR) is 86.2 cm³/mol. The lowest BCUT2D eigenvalue weighted by Gasteiger charge is -2.34. The summed E-state index contributed by atoms with van der Waals surface area (Å²) in [5.74, 6) is 2.60. The Bertz CT molecular complexity index is 823. The lowest BCUT2D eigenvalue weighted by molar-refractivity contribution is 0.363. The summed E-state index contributed by atoms with van der Waals surface area (Å²) in [5.41, 5.74) is 1.42. The fourth-order valence-corrected chi connectivity index (χ4v) is 3.42. The second-order valence-electron chi connectivity index (χ2n) is 6.23. The van der Waals surface area contributed by atoms with Crippen molar-refractivity contribution in [2.75, 3.05) is 18.0 Å². The van der Waals surface area contributed by atoms with Crippen molar-refractivity contribution in [2.24, 2.45) is 5.92 Å². The van der Waals surface area contributed by atoms with E-state index in [2.05, 4.69) is 42.7 Å². The summed E-state index contributed by atoms with van der Waals surface area (Å²) in [7, 11) is 0. The predicted octanol–water partition coefficient (Wildman–Crippen LogP) is 2.35. The van der Waals surface area contributed by atoms with Crippen LogP contribution in [-0.4, -0.2) is 37.8 Å². The molecule has 1 unspecified atom stereocenters. The first-order valence-corrected chi connectivity index (χ1v) is 8.02. The van der Waals surface area contributed by atoms with Crippen molar-refractivity contribution < 1.29 is 4.52 Å². The molecule has 4 heterocycles. The summed E-state index contributed by atoms with van der Waals surface area (Å²) in [6.45, 7) is 6.98. The molecule has 1 fully saturated rings. The molecule has 1 aliphatic heterocycles. The van der Waals surface area contributed by atoms with Gasteiger partial charge in [-0.2, -0.15) is 4.98 Å². The van der Waals surface area contributed by atoms with Crippen molar-refractivity contribution in [1.82, 2.24) is 24.7 Å². The molecule has 0 bridgehead atoms. The maximum absolute atomic E-state index is 5.27. The fourth-order valence-electron chi connectivity index (χ4n) is 3.42. The molecule has 7 heteroatoms. The van der Waals surface area contributed by atoms with Gasteiger partial charge in [-0.3, -0.25) is 0 Å². The summed E-state index contributed by atoms with van der Waals surface area (Å²) in [4.78, 5) is 15.3. The summed E-state index contributed by atoms with van der Waals surface area (Å²) in [6, 6.07) is 0. The number of aryl methyl sites for hydroxylation is 2. The summed E-state index contributed by atoms with van der Waals surface area (Å²) < 4.78 is 7.50. The van der Waals surface area contributed by atoms with Gasteiger partial charge in [0, 0.05) is 32.0 Å². The van der Waals surface area contributed by atoms with Crippen molar-refractivity contribution in [2.45, 2.75) is 33.2 Å². The zero-order valence-electron chi connectivity index (χ0n) is 13.4. The number of hydrogen-bond donors (Lipinski definition) is 0. The Labute approximate surface area is 134 Å². The van der Waals surface area contributed by atoms with Crippen molar-refractivity contribution in [1.29, 1.82) is 0 Å². The largest absolute Gasteiger partial charge is 0.355 e. The molecule has 120 valence electrons. The average Bonchev–Trinajstić information content (AvgIpc) is 3.14. The minimum absolute atomic E-state index is 0.570. The van der Waals surface area contributed by atoms with Gasteiger partial charge in [-0.15, -0.1) is 0 Å². The number of imidazole rings is 1. The van der Waals surface area contributed by atoms with Gasteiger partial charge in [-0.05, 0) is 32.6 Å². The maximum Gasteiger partial charge on any atom is 0.263 e. The molecular formula is C16H20N6O. The molecule has 0 saturated carbocycles. The Morgan fingerprint density at radius 1 is 1.26 bits per heavy atom. The molecule has 23 heavy (non-hydrogen) atoms. The minimum atomic E-state index is 0.570. The monoisotopic (exact) mass is 312 g/mol. The van der Waals surface area contributed by atoms with E-state index in [4.69, 9.17) is 4.52 Å². The van der Waals surface area contributed by atoms with Crippen LogP contribution in [0.1, 0.15) is 24.4 Å². The third-order valence-electron chi connectivity index (χ3n) is 4.62.